The van der Waals surface area contributed by atoms with E-state index in [9.17, 15) is 18.0 Å². The Bertz CT molecular complexity index is 866. The number of hydrogen-bond donors (Lipinski definition) is 2. The Morgan fingerprint density at radius 3 is 2.81 bits per heavy atom. The van der Waals surface area contributed by atoms with Crippen molar-refractivity contribution in [2.24, 2.45) is 5.92 Å². The zero-order valence-electron chi connectivity index (χ0n) is 15.7. The van der Waals surface area contributed by atoms with Crippen molar-refractivity contribution in [3.63, 3.8) is 0 Å². The molecule has 8 nitrogen and oxygen atoms in total. The molecule has 1 saturated heterocycles. The second-order valence-corrected chi connectivity index (χ2v) is 9.22. The van der Waals surface area contributed by atoms with Crippen molar-refractivity contribution < 1.29 is 22.7 Å². The molecule has 0 aliphatic carbocycles. The molecule has 1 aromatic carbocycles. The lowest BCUT2D eigenvalue weighted by Gasteiger charge is -2.32. The number of ether oxygens (including phenoxy) is 1. The van der Waals surface area contributed by atoms with Gasteiger partial charge in [0.15, 0.2) is 6.61 Å². The average Bonchev–Trinajstić information content (AvgIpc) is 2.60. The Morgan fingerprint density at radius 2 is 2.11 bits per heavy atom. The van der Waals surface area contributed by atoms with E-state index in [1.807, 2.05) is 13.8 Å². The fourth-order valence-corrected chi connectivity index (χ4v) is 5.16. The Balaban J connectivity index is 1.86. The molecule has 0 radical (unpaired) electrons. The number of sulfonamides is 1. The summed E-state index contributed by atoms with van der Waals surface area (Å²) in [5.74, 6) is -0.403. The largest absolute Gasteiger partial charge is 0.482 e. The van der Waals surface area contributed by atoms with E-state index in [2.05, 4.69) is 10.6 Å². The second-order valence-electron chi connectivity index (χ2n) is 7.32. The van der Waals surface area contributed by atoms with Crippen LogP contribution in [0.2, 0.25) is 0 Å². The third-order valence-corrected chi connectivity index (χ3v) is 6.72. The highest BCUT2D eigenvalue weighted by atomic mass is 32.2. The van der Waals surface area contributed by atoms with Crippen LogP contribution >= 0.6 is 0 Å². The number of benzene rings is 1. The molecule has 0 saturated carbocycles. The molecule has 2 N–H and O–H groups in total. The minimum Gasteiger partial charge on any atom is -0.482 e. The summed E-state index contributed by atoms with van der Waals surface area (Å²) in [7, 11) is -3.77. The maximum atomic E-state index is 13.2. The lowest BCUT2D eigenvalue weighted by Crippen LogP contribution is -2.46. The number of nitrogens with one attached hydrogen (secondary N) is 2. The molecule has 2 heterocycles. The molecule has 2 amide bonds. The molecule has 0 aromatic heterocycles. The van der Waals surface area contributed by atoms with E-state index in [0.29, 0.717) is 36.4 Å². The van der Waals surface area contributed by atoms with Crippen LogP contribution in [0.5, 0.6) is 5.75 Å². The number of anilines is 1. The van der Waals surface area contributed by atoms with Crippen LogP contribution < -0.4 is 15.4 Å². The minimum absolute atomic E-state index is 0.0136. The molecule has 3 rings (SSSR count). The van der Waals surface area contributed by atoms with Gasteiger partial charge in [-0.3, -0.25) is 9.59 Å². The van der Waals surface area contributed by atoms with Gasteiger partial charge < -0.3 is 15.4 Å². The third-order valence-electron chi connectivity index (χ3n) is 4.71. The number of carbonyl (C=O) groups is 2. The van der Waals surface area contributed by atoms with Crippen LogP contribution in [0.3, 0.4) is 0 Å². The standard InChI is InChI=1S/C18H25N3O5S/c1-11(2)19-18(23)13-5-4-6-21(9-13)27(24,25)16-8-15-14(7-12(16)3)20-17(22)10-26-15/h7-8,11,13H,4-6,9-10H2,1-3H3,(H,19,23)(H,20,22). The highest BCUT2D eigenvalue weighted by Crippen LogP contribution is 2.35. The molecule has 0 bridgehead atoms. The SMILES string of the molecule is Cc1cc2c(cc1S(=O)(=O)N1CCCC(C(=O)NC(C)C)C1)OCC(=O)N2. The quantitative estimate of drug-likeness (QED) is 0.798. The normalized spacial score (nSPS) is 20.6. The van der Waals surface area contributed by atoms with E-state index >= 15 is 0 Å². The monoisotopic (exact) mass is 395 g/mol. The summed E-state index contributed by atoms with van der Waals surface area (Å²) >= 11 is 0. The molecule has 27 heavy (non-hydrogen) atoms. The molecular weight excluding hydrogens is 370 g/mol. The van der Waals surface area contributed by atoms with E-state index in [1.54, 1.807) is 13.0 Å². The summed E-state index contributed by atoms with van der Waals surface area (Å²) in [6.07, 6.45) is 1.30. The molecule has 1 unspecified atom stereocenters. The number of hydrogen-bond acceptors (Lipinski definition) is 5. The van der Waals surface area contributed by atoms with E-state index in [1.165, 1.54) is 10.4 Å². The first-order valence-electron chi connectivity index (χ1n) is 9.06. The van der Waals surface area contributed by atoms with Crippen LogP contribution in [0.15, 0.2) is 17.0 Å². The number of piperidine rings is 1. The molecule has 2 aliphatic heterocycles. The van der Waals surface area contributed by atoms with Gasteiger partial charge in [0.25, 0.3) is 5.91 Å². The fourth-order valence-electron chi connectivity index (χ4n) is 3.41. The molecule has 148 valence electrons. The van der Waals surface area contributed by atoms with Gasteiger partial charge in [-0.1, -0.05) is 0 Å². The molecule has 9 heteroatoms. The van der Waals surface area contributed by atoms with Gasteiger partial charge in [-0.25, -0.2) is 8.42 Å². The van der Waals surface area contributed by atoms with Crippen LogP contribution in [0.4, 0.5) is 5.69 Å². The van der Waals surface area contributed by atoms with Crippen LogP contribution in [0.25, 0.3) is 0 Å². The lowest BCUT2D eigenvalue weighted by molar-refractivity contribution is -0.126. The predicted molar refractivity (Wildman–Crippen MR) is 100 cm³/mol. The second kappa shape index (κ2) is 7.47. The van der Waals surface area contributed by atoms with Crippen LogP contribution in [0.1, 0.15) is 32.3 Å². The summed E-state index contributed by atoms with van der Waals surface area (Å²) in [4.78, 5) is 23.9. The van der Waals surface area contributed by atoms with Crippen molar-refractivity contribution in [3.8, 4) is 5.75 Å². The van der Waals surface area contributed by atoms with E-state index in [-0.39, 0.29) is 41.8 Å². The van der Waals surface area contributed by atoms with Gasteiger partial charge in [0, 0.05) is 25.2 Å². The lowest BCUT2D eigenvalue weighted by atomic mass is 9.98. The first-order chi connectivity index (χ1) is 12.7. The molecular formula is C18H25N3O5S. The van der Waals surface area contributed by atoms with Gasteiger partial charge in [-0.15, -0.1) is 0 Å². The summed E-state index contributed by atoms with van der Waals surface area (Å²) in [5, 5.41) is 5.53. The molecule has 2 aliphatic rings. The van der Waals surface area contributed by atoms with Gasteiger partial charge in [-0.2, -0.15) is 4.31 Å². The van der Waals surface area contributed by atoms with Gasteiger partial charge in [0.2, 0.25) is 15.9 Å². The number of aryl methyl sites for hydroxylation is 1. The van der Waals surface area contributed by atoms with Crippen molar-refractivity contribution in [2.75, 3.05) is 25.0 Å². The summed E-state index contributed by atoms with van der Waals surface area (Å²) in [5.41, 5.74) is 0.990. The highest BCUT2D eigenvalue weighted by Gasteiger charge is 2.35. The summed E-state index contributed by atoms with van der Waals surface area (Å²) in [6, 6.07) is 3.07. The van der Waals surface area contributed by atoms with E-state index < -0.39 is 10.0 Å². The number of nitrogens with zero attached hydrogens (tertiary/aromatic N) is 1. The zero-order valence-corrected chi connectivity index (χ0v) is 16.6. The van der Waals surface area contributed by atoms with E-state index in [4.69, 9.17) is 4.74 Å². The summed E-state index contributed by atoms with van der Waals surface area (Å²) in [6.45, 7) is 5.84. The van der Waals surface area contributed by atoms with Crippen LogP contribution in [-0.4, -0.2) is 50.3 Å². The zero-order chi connectivity index (χ0) is 19.8. The molecule has 1 aromatic rings. The fraction of sp³-hybridized carbons (Fsp3) is 0.556. The Morgan fingerprint density at radius 1 is 1.37 bits per heavy atom. The van der Waals surface area contributed by atoms with Crippen molar-refractivity contribution in [3.05, 3.63) is 17.7 Å². The smallest absolute Gasteiger partial charge is 0.262 e. The van der Waals surface area contributed by atoms with Gasteiger partial charge in [0.1, 0.15) is 5.75 Å². The maximum absolute atomic E-state index is 13.2. The first kappa shape index (κ1) is 19.6. The van der Waals surface area contributed by atoms with Crippen molar-refractivity contribution >= 4 is 27.5 Å². The van der Waals surface area contributed by atoms with Gasteiger partial charge in [0.05, 0.1) is 16.5 Å². The number of carbonyl (C=O) groups excluding carboxylic acids is 2. The predicted octanol–water partition coefficient (Wildman–Crippen LogP) is 1.25. The van der Waals surface area contributed by atoms with Crippen LogP contribution in [0, 0.1) is 12.8 Å². The Kier molecular flexibility index (Phi) is 5.43. The third kappa shape index (κ3) is 4.08. The number of rotatable bonds is 4. The number of fused-ring (bicyclic) bond motifs is 1. The van der Waals surface area contributed by atoms with Gasteiger partial charge >= 0.3 is 0 Å². The molecule has 0 spiro atoms. The van der Waals surface area contributed by atoms with Crippen molar-refractivity contribution in [1.82, 2.24) is 9.62 Å². The summed E-state index contributed by atoms with van der Waals surface area (Å²) < 4.78 is 33.1. The Hall–Kier alpha value is -2.13. The molecule has 1 fully saturated rings. The van der Waals surface area contributed by atoms with Crippen molar-refractivity contribution in [1.29, 1.82) is 0 Å². The maximum Gasteiger partial charge on any atom is 0.262 e. The number of amides is 2. The average molecular weight is 395 g/mol. The van der Waals surface area contributed by atoms with Gasteiger partial charge in [-0.05, 0) is 45.2 Å². The molecule has 1 atom stereocenters. The first-order valence-corrected chi connectivity index (χ1v) is 10.5. The topological polar surface area (TPSA) is 105 Å². The van der Waals surface area contributed by atoms with E-state index in [0.717, 1.165) is 0 Å². The highest BCUT2D eigenvalue weighted by molar-refractivity contribution is 7.89. The Labute approximate surface area is 159 Å². The van der Waals surface area contributed by atoms with Crippen LogP contribution in [-0.2, 0) is 19.6 Å². The van der Waals surface area contributed by atoms with Crippen molar-refractivity contribution in [2.45, 2.75) is 44.6 Å². The minimum atomic E-state index is -3.77.